The van der Waals surface area contributed by atoms with Gasteiger partial charge in [-0.3, -0.25) is 4.79 Å². The topological polar surface area (TPSA) is 76.8 Å². The summed E-state index contributed by atoms with van der Waals surface area (Å²) in [5, 5.41) is 0. The molecule has 0 bridgehead atoms. The van der Waals surface area contributed by atoms with Crippen LogP contribution in [0.3, 0.4) is 0 Å². The van der Waals surface area contributed by atoms with Gasteiger partial charge in [0.2, 0.25) is 0 Å². The SMILES string of the molecule is CCCOc1ccccc1C(=O)N(Cc1ccco1)[C@H]1CCS(=O)(=O)C1. The van der Waals surface area contributed by atoms with Crippen LogP contribution in [-0.4, -0.2) is 43.4 Å². The van der Waals surface area contributed by atoms with Crippen molar-refractivity contribution in [3.63, 3.8) is 0 Å². The molecule has 3 rings (SSSR count). The summed E-state index contributed by atoms with van der Waals surface area (Å²) in [5.74, 6) is 0.986. The summed E-state index contributed by atoms with van der Waals surface area (Å²) in [6.07, 6.45) is 2.81. The number of rotatable bonds is 7. The molecule has 26 heavy (non-hydrogen) atoms. The number of benzene rings is 1. The Balaban J connectivity index is 1.90. The highest BCUT2D eigenvalue weighted by Gasteiger charge is 2.36. The lowest BCUT2D eigenvalue weighted by Crippen LogP contribution is -2.40. The zero-order chi connectivity index (χ0) is 18.6. The van der Waals surface area contributed by atoms with Gasteiger partial charge in [0.1, 0.15) is 11.5 Å². The van der Waals surface area contributed by atoms with Gasteiger partial charge in [0.05, 0.1) is 36.5 Å². The van der Waals surface area contributed by atoms with Crippen LogP contribution in [0.2, 0.25) is 0 Å². The summed E-state index contributed by atoms with van der Waals surface area (Å²) >= 11 is 0. The summed E-state index contributed by atoms with van der Waals surface area (Å²) in [6.45, 7) is 2.74. The van der Waals surface area contributed by atoms with Crippen molar-refractivity contribution in [1.82, 2.24) is 4.90 Å². The maximum absolute atomic E-state index is 13.3. The molecule has 1 fully saturated rings. The standard InChI is InChI=1S/C19H23NO5S/c1-2-10-25-18-8-4-3-7-17(18)19(21)20(13-16-6-5-11-24-16)15-9-12-26(22,23)14-15/h3-8,11,15H,2,9-10,12-14H2,1H3/t15-/m0/s1. The fourth-order valence-corrected chi connectivity index (χ4v) is 4.82. The Morgan fingerprint density at radius 1 is 1.27 bits per heavy atom. The van der Waals surface area contributed by atoms with Crippen molar-refractivity contribution in [2.75, 3.05) is 18.1 Å². The van der Waals surface area contributed by atoms with E-state index in [2.05, 4.69) is 0 Å². The number of carbonyl (C=O) groups is 1. The highest BCUT2D eigenvalue weighted by molar-refractivity contribution is 7.91. The molecule has 0 N–H and O–H groups in total. The molecule has 7 heteroatoms. The third-order valence-corrected chi connectivity index (χ3v) is 6.15. The molecule has 1 saturated heterocycles. The molecular weight excluding hydrogens is 354 g/mol. The van der Waals surface area contributed by atoms with Crippen molar-refractivity contribution >= 4 is 15.7 Å². The molecule has 2 aromatic rings. The van der Waals surface area contributed by atoms with Crippen molar-refractivity contribution in [2.24, 2.45) is 0 Å². The molecule has 1 aromatic carbocycles. The molecule has 140 valence electrons. The lowest BCUT2D eigenvalue weighted by molar-refractivity contribution is 0.0661. The molecule has 1 amide bonds. The molecule has 0 unspecified atom stereocenters. The van der Waals surface area contributed by atoms with Gasteiger partial charge in [0.25, 0.3) is 5.91 Å². The van der Waals surface area contributed by atoms with Crippen molar-refractivity contribution < 1.29 is 22.4 Å². The average Bonchev–Trinajstić information content (AvgIpc) is 3.26. The Hall–Kier alpha value is -2.28. The van der Waals surface area contributed by atoms with Crippen molar-refractivity contribution in [3.8, 4) is 5.75 Å². The number of ether oxygens (including phenoxy) is 1. The van der Waals surface area contributed by atoms with Crippen molar-refractivity contribution in [1.29, 1.82) is 0 Å². The molecule has 0 radical (unpaired) electrons. The molecule has 1 aliphatic rings. The highest BCUT2D eigenvalue weighted by atomic mass is 32.2. The van der Waals surface area contributed by atoms with E-state index in [4.69, 9.17) is 9.15 Å². The lowest BCUT2D eigenvalue weighted by Gasteiger charge is -2.28. The predicted octanol–water partition coefficient (Wildman–Crippen LogP) is 2.90. The van der Waals surface area contributed by atoms with Crippen LogP contribution in [-0.2, 0) is 16.4 Å². The van der Waals surface area contributed by atoms with Gasteiger partial charge in [-0.05, 0) is 37.1 Å². The monoisotopic (exact) mass is 377 g/mol. The van der Waals surface area contributed by atoms with Crippen LogP contribution in [0, 0.1) is 0 Å². The Labute approximate surface area is 153 Å². The van der Waals surface area contributed by atoms with E-state index in [0.717, 1.165) is 6.42 Å². The fourth-order valence-electron chi connectivity index (χ4n) is 3.09. The van der Waals surface area contributed by atoms with Crippen LogP contribution in [0.15, 0.2) is 47.1 Å². The van der Waals surface area contributed by atoms with Crippen molar-refractivity contribution in [2.45, 2.75) is 32.4 Å². The molecular formula is C19H23NO5S. The molecule has 2 heterocycles. The Kier molecular flexibility index (Phi) is 5.66. The quantitative estimate of drug-likeness (QED) is 0.741. The van der Waals surface area contributed by atoms with E-state index in [0.29, 0.717) is 30.1 Å². The lowest BCUT2D eigenvalue weighted by atomic mass is 10.1. The van der Waals surface area contributed by atoms with Gasteiger partial charge >= 0.3 is 0 Å². The minimum atomic E-state index is -3.12. The van der Waals surface area contributed by atoms with Crippen LogP contribution < -0.4 is 4.74 Å². The zero-order valence-corrected chi connectivity index (χ0v) is 15.6. The molecule has 1 aliphatic heterocycles. The van der Waals surface area contributed by atoms with Gasteiger partial charge in [-0.1, -0.05) is 19.1 Å². The van der Waals surface area contributed by atoms with Gasteiger partial charge in [-0.2, -0.15) is 0 Å². The molecule has 1 aromatic heterocycles. The first-order chi connectivity index (χ1) is 12.5. The summed E-state index contributed by atoms with van der Waals surface area (Å²) in [4.78, 5) is 14.9. The first-order valence-corrected chi connectivity index (χ1v) is 10.6. The Bertz CT molecular complexity index is 845. The maximum atomic E-state index is 13.3. The Morgan fingerprint density at radius 2 is 2.08 bits per heavy atom. The predicted molar refractivity (Wildman–Crippen MR) is 97.9 cm³/mol. The minimum absolute atomic E-state index is 0.0164. The number of hydrogen-bond acceptors (Lipinski definition) is 5. The third-order valence-electron chi connectivity index (χ3n) is 4.40. The summed E-state index contributed by atoms with van der Waals surface area (Å²) < 4.78 is 34.9. The summed E-state index contributed by atoms with van der Waals surface area (Å²) in [6, 6.07) is 10.2. The molecule has 0 saturated carbocycles. The first kappa shape index (κ1) is 18.5. The van der Waals surface area contributed by atoms with Crippen LogP contribution in [0.1, 0.15) is 35.9 Å². The van der Waals surface area contributed by atoms with Gasteiger partial charge < -0.3 is 14.1 Å². The summed E-state index contributed by atoms with van der Waals surface area (Å²) in [7, 11) is -3.12. The fraction of sp³-hybridized carbons (Fsp3) is 0.421. The minimum Gasteiger partial charge on any atom is -0.493 e. The highest BCUT2D eigenvalue weighted by Crippen LogP contribution is 2.26. The molecule has 1 atom stereocenters. The van der Waals surface area contributed by atoms with E-state index < -0.39 is 9.84 Å². The second-order valence-corrected chi connectivity index (χ2v) is 8.64. The second-order valence-electron chi connectivity index (χ2n) is 6.41. The van der Waals surface area contributed by atoms with E-state index in [1.807, 2.05) is 13.0 Å². The van der Waals surface area contributed by atoms with Crippen LogP contribution in [0.4, 0.5) is 0 Å². The van der Waals surface area contributed by atoms with Crippen molar-refractivity contribution in [3.05, 3.63) is 54.0 Å². The van der Waals surface area contributed by atoms with E-state index >= 15 is 0 Å². The van der Waals surface area contributed by atoms with E-state index in [-0.39, 0.29) is 30.0 Å². The number of amides is 1. The van der Waals surface area contributed by atoms with Gasteiger partial charge in [0, 0.05) is 6.04 Å². The smallest absolute Gasteiger partial charge is 0.258 e. The zero-order valence-electron chi connectivity index (χ0n) is 14.8. The van der Waals surface area contributed by atoms with Crippen LogP contribution in [0.5, 0.6) is 5.75 Å². The van der Waals surface area contributed by atoms with Gasteiger partial charge in [-0.15, -0.1) is 0 Å². The van der Waals surface area contributed by atoms with E-state index in [9.17, 15) is 13.2 Å². The Morgan fingerprint density at radius 3 is 2.73 bits per heavy atom. The number of carbonyl (C=O) groups excluding carboxylic acids is 1. The summed E-state index contributed by atoms with van der Waals surface area (Å²) in [5.41, 5.74) is 0.441. The van der Waals surface area contributed by atoms with E-state index in [1.54, 1.807) is 41.5 Å². The number of para-hydroxylation sites is 1. The number of sulfone groups is 1. The molecule has 0 spiro atoms. The number of nitrogens with zero attached hydrogens (tertiary/aromatic N) is 1. The largest absolute Gasteiger partial charge is 0.493 e. The van der Waals surface area contributed by atoms with Gasteiger partial charge in [-0.25, -0.2) is 8.42 Å². The molecule has 0 aliphatic carbocycles. The van der Waals surface area contributed by atoms with Crippen LogP contribution in [0.25, 0.3) is 0 Å². The average molecular weight is 377 g/mol. The first-order valence-electron chi connectivity index (χ1n) is 8.76. The van der Waals surface area contributed by atoms with E-state index in [1.165, 1.54) is 0 Å². The molecule has 6 nitrogen and oxygen atoms in total. The number of hydrogen-bond donors (Lipinski definition) is 0. The third kappa shape index (κ3) is 4.27. The van der Waals surface area contributed by atoms with Gasteiger partial charge in [0.15, 0.2) is 9.84 Å². The maximum Gasteiger partial charge on any atom is 0.258 e. The normalized spacial score (nSPS) is 18.6. The number of furan rings is 1. The van der Waals surface area contributed by atoms with Crippen LogP contribution >= 0.6 is 0 Å². The second kappa shape index (κ2) is 7.95.